The third-order valence-electron chi connectivity index (χ3n) is 1.83. The van der Waals surface area contributed by atoms with Crippen LogP contribution in [0.4, 0.5) is 0 Å². The highest BCUT2D eigenvalue weighted by atomic mass is 32.1. The Hall–Kier alpha value is -1.18. The van der Waals surface area contributed by atoms with Gasteiger partial charge in [-0.3, -0.25) is 0 Å². The molecule has 2 nitrogen and oxygen atoms in total. The second-order valence-electron chi connectivity index (χ2n) is 2.94. The maximum Gasteiger partial charge on any atom is 0.122 e. The van der Waals surface area contributed by atoms with E-state index in [2.05, 4.69) is 22.4 Å². The van der Waals surface area contributed by atoms with Crippen LogP contribution in [0.2, 0.25) is 0 Å². The molecule has 0 radical (unpaired) electrons. The minimum atomic E-state index is 0.672. The van der Waals surface area contributed by atoms with Gasteiger partial charge < -0.3 is 4.74 Å². The zero-order chi connectivity index (χ0) is 10.2. The molecule has 0 fully saturated rings. The van der Waals surface area contributed by atoms with Gasteiger partial charge in [-0.05, 0) is 30.8 Å². The predicted octanol–water partition coefficient (Wildman–Crippen LogP) is 2.87. The third kappa shape index (κ3) is 3.69. The lowest BCUT2D eigenvalue weighted by Gasteiger charge is -2.07. The van der Waals surface area contributed by atoms with Crippen LogP contribution in [0.3, 0.4) is 0 Å². The van der Waals surface area contributed by atoms with Gasteiger partial charge in [0.25, 0.3) is 0 Å². The molecule has 0 aromatic heterocycles. The van der Waals surface area contributed by atoms with Crippen molar-refractivity contribution in [3.63, 3.8) is 0 Å². The number of rotatable bonds is 5. The normalized spacial score (nSPS) is 9.21. The molecule has 0 bridgehead atoms. The topological polar surface area (TPSA) is 21.6 Å². The fraction of sp³-hybridized carbons (Fsp3) is 0.364. The Labute approximate surface area is 89.6 Å². The molecule has 14 heavy (non-hydrogen) atoms. The van der Waals surface area contributed by atoms with E-state index in [1.807, 2.05) is 31.2 Å². The third-order valence-corrected chi connectivity index (χ3v) is 1.96. The average molecular weight is 207 g/mol. The van der Waals surface area contributed by atoms with Gasteiger partial charge in [-0.25, -0.2) is 4.99 Å². The summed E-state index contributed by atoms with van der Waals surface area (Å²) in [4.78, 5) is 3.81. The van der Waals surface area contributed by atoms with E-state index in [1.54, 1.807) is 0 Å². The summed E-state index contributed by atoms with van der Waals surface area (Å²) in [6, 6.07) is 7.97. The van der Waals surface area contributed by atoms with Crippen molar-refractivity contribution in [1.82, 2.24) is 0 Å². The van der Waals surface area contributed by atoms with Gasteiger partial charge in [-0.15, -0.1) is 0 Å². The number of nitrogens with zero attached hydrogens (tertiary/aromatic N) is 1. The highest BCUT2D eigenvalue weighted by Crippen LogP contribution is 2.15. The summed E-state index contributed by atoms with van der Waals surface area (Å²) in [5.74, 6) is 0.943. The summed E-state index contributed by atoms with van der Waals surface area (Å²) in [6.07, 6.45) is 0.873. The van der Waals surface area contributed by atoms with Gasteiger partial charge in [0.05, 0.1) is 18.3 Å². The van der Waals surface area contributed by atoms with Crippen LogP contribution in [0.25, 0.3) is 0 Å². The maximum absolute atomic E-state index is 5.56. The first kappa shape index (κ1) is 10.9. The zero-order valence-electron chi connectivity index (χ0n) is 8.19. The van der Waals surface area contributed by atoms with Gasteiger partial charge in [0, 0.05) is 6.42 Å². The van der Waals surface area contributed by atoms with Gasteiger partial charge in [0.15, 0.2) is 0 Å². The van der Waals surface area contributed by atoms with Crippen LogP contribution >= 0.6 is 12.2 Å². The van der Waals surface area contributed by atoms with Gasteiger partial charge >= 0.3 is 0 Å². The second-order valence-corrected chi connectivity index (χ2v) is 3.12. The largest absolute Gasteiger partial charge is 0.493 e. The smallest absolute Gasteiger partial charge is 0.122 e. The summed E-state index contributed by atoms with van der Waals surface area (Å²) in [6.45, 7) is 3.39. The molecule has 0 atom stereocenters. The number of isothiocyanates is 1. The molecule has 1 rings (SSSR count). The molecule has 0 spiro atoms. The predicted molar refractivity (Wildman–Crippen MR) is 61.2 cm³/mol. The molecule has 0 amide bonds. The quantitative estimate of drug-likeness (QED) is 0.420. The van der Waals surface area contributed by atoms with E-state index in [-0.39, 0.29) is 0 Å². The van der Waals surface area contributed by atoms with E-state index in [1.165, 1.54) is 0 Å². The molecule has 1 aromatic rings. The van der Waals surface area contributed by atoms with Crippen LogP contribution < -0.4 is 4.74 Å². The monoisotopic (exact) mass is 207 g/mol. The van der Waals surface area contributed by atoms with Crippen LogP contribution in [0.15, 0.2) is 29.3 Å². The van der Waals surface area contributed by atoms with E-state index in [9.17, 15) is 0 Å². The molecular weight excluding hydrogens is 194 g/mol. The zero-order valence-corrected chi connectivity index (χ0v) is 9.01. The first-order valence-electron chi connectivity index (χ1n) is 4.56. The molecule has 0 aliphatic heterocycles. The minimum absolute atomic E-state index is 0.672. The summed E-state index contributed by atoms with van der Waals surface area (Å²) in [5, 5.41) is 2.33. The molecule has 0 aliphatic rings. The lowest BCUT2D eigenvalue weighted by atomic mass is 10.2. The van der Waals surface area contributed by atoms with E-state index in [0.29, 0.717) is 13.2 Å². The van der Waals surface area contributed by atoms with E-state index in [4.69, 9.17) is 4.74 Å². The first-order chi connectivity index (χ1) is 6.84. The minimum Gasteiger partial charge on any atom is -0.493 e. The van der Waals surface area contributed by atoms with Gasteiger partial charge in [-0.1, -0.05) is 18.2 Å². The maximum atomic E-state index is 5.56. The molecule has 3 heteroatoms. The Morgan fingerprint density at radius 1 is 1.43 bits per heavy atom. The highest BCUT2D eigenvalue weighted by Gasteiger charge is 1.95. The number of hydrogen-bond donors (Lipinski definition) is 0. The lowest BCUT2D eigenvalue weighted by molar-refractivity contribution is 0.311. The standard InChI is InChI=1S/C11H13NOS/c1-10-5-2-3-6-11(10)13-8-4-7-12-9-14/h2-3,5-6H,4,7-8H2,1H3. The van der Waals surface area contributed by atoms with Crippen LogP contribution in [0.5, 0.6) is 5.75 Å². The molecule has 0 saturated heterocycles. The van der Waals surface area contributed by atoms with E-state index >= 15 is 0 Å². The SMILES string of the molecule is Cc1ccccc1OCCCN=C=S. The van der Waals surface area contributed by atoms with Crippen molar-refractivity contribution in [2.45, 2.75) is 13.3 Å². The van der Waals surface area contributed by atoms with E-state index in [0.717, 1.165) is 17.7 Å². The summed E-state index contributed by atoms with van der Waals surface area (Å²) in [7, 11) is 0. The number of para-hydroxylation sites is 1. The fourth-order valence-electron chi connectivity index (χ4n) is 1.09. The van der Waals surface area contributed by atoms with Crippen LogP contribution in [0.1, 0.15) is 12.0 Å². The second kappa shape index (κ2) is 6.30. The van der Waals surface area contributed by atoms with Crippen LogP contribution in [-0.2, 0) is 0 Å². The molecule has 0 N–H and O–H groups in total. The average Bonchev–Trinajstić information content (AvgIpc) is 2.20. The van der Waals surface area contributed by atoms with Crippen LogP contribution in [-0.4, -0.2) is 18.3 Å². The Morgan fingerprint density at radius 3 is 2.93 bits per heavy atom. The molecule has 1 aromatic carbocycles. The van der Waals surface area contributed by atoms with Crippen molar-refractivity contribution in [3.05, 3.63) is 29.8 Å². The van der Waals surface area contributed by atoms with Crippen molar-refractivity contribution in [3.8, 4) is 5.75 Å². The number of hydrogen-bond acceptors (Lipinski definition) is 3. The number of aliphatic imine (C=N–C) groups is 1. The summed E-state index contributed by atoms with van der Waals surface area (Å²) >= 11 is 4.46. The van der Waals surface area contributed by atoms with Crippen molar-refractivity contribution in [1.29, 1.82) is 0 Å². The molecule has 74 valence electrons. The molecule has 0 saturated carbocycles. The van der Waals surface area contributed by atoms with Gasteiger partial charge in [-0.2, -0.15) is 0 Å². The summed E-state index contributed by atoms with van der Waals surface area (Å²) in [5.41, 5.74) is 1.16. The Morgan fingerprint density at radius 2 is 2.21 bits per heavy atom. The number of aryl methyl sites for hydroxylation is 1. The number of thiocarbonyl (C=S) groups is 1. The molecule has 0 heterocycles. The van der Waals surface area contributed by atoms with Crippen molar-refractivity contribution < 1.29 is 4.74 Å². The highest BCUT2D eigenvalue weighted by molar-refractivity contribution is 7.78. The van der Waals surface area contributed by atoms with Gasteiger partial charge in [0.2, 0.25) is 0 Å². The number of ether oxygens (including phenoxy) is 1. The van der Waals surface area contributed by atoms with Crippen molar-refractivity contribution >= 4 is 17.4 Å². The summed E-state index contributed by atoms with van der Waals surface area (Å²) < 4.78 is 5.56. The van der Waals surface area contributed by atoms with Gasteiger partial charge in [0.1, 0.15) is 5.75 Å². The molecular formula is C11H13NOS. The molecule has 0 aliphatic carbocycles. The van der Waals surface area contributed by atoms with Crippen molar-refractivity contribution in [2.24, 2.45) is 4.99 Å². The Bertz CT molecular complexity index is 332. The Balaban J connectivity index is 2.31. The lowest BCUT2D eigenvalue weighted by Crippen LogP contribution is -2.00. The number of benzene rings is 1. The Kier molecular flexibility index (Phi) is 4.90. The fourth-order valence-corrected chi connectivity index (χ4v) is 1.18. The van der Waals surface area contributed by atoms with E-state index < -0.39 is 0 Å². The van der Waals surface area contributed by atoms with Crippen LogP contribution in [0, 0.1) is 6.92 Å². The first-order valence-corrected chi connectivity index (χ1v) is 4.97. The van der Waals surface area contributed by atoms with Crippen molar-refractivity contribution in [2.75, 3.05) is 13.2 Å². The molecule has 0 unspecified atom stereocenters.